The molecular formula is C29H36ClNO6. The number of rotatable bonds is 14. The number of nitrogens with one attached hydrogen (secondary N) is 1. The van der Waals surface area contributed by atoms with Crippen LogP contribution in [0.3, 0.4) is 0 Å². The van der Waals surface area contributed by atoms with Crippen LogP contribution in [-0.4, -0.2) is 29.6 Å². The molecule has 0 atom stereocenters. The molecule has 0 aromatic heterocycles. The molecule has 7 nitrogen and oxygen atoms in total. The van der Waals surface area contributed by atoms with Gasteiger partial charge in [0.15, 0.2) is 0 Å². The Morgan fingerprint density at radius 2 is 1.22 bits per heavy atom. The molecule has 0 bridgehead atoms. The van der Waals surface area contributed by atoms with Crippen molar-refractivity contribution >= 4 is 34.7 Å². The van der Waals surface area contributed by atoms with Crippen LogP contribution in [0.5, 0.6) is 11.5 Å². The Morgan fingerprint density at radius 1 is 0.757 bits per heavy atom. The van der Waals surface area contributed by atoms with Gasteiger partial charge in [0.1, 0.15) is 11.5 Å². The lowest BCUT2D eigenvalue weighted by Gasteiger charge is -2.09. The Hall–Kier alpha value is -3.45. The molecule has 2 aromatic carbocycles. The number of hydrogen-bond donors (Lipinski definition) is 1. The van der Waals surface area contributed by atoms with Gasteiger partial charge in [-0.3, -0.25) is 19.2 Å². The van der Waals surface area contributed by atoms with E-state index in [1.165, 1.54) is 58.1 Å². The number of allylic oxidation sites excluding steroid dienone is 1. The first-order valence-electron chi connectivity index (χ1n) is 12.4. The highest BCUT2D eigenvalue weighted by molar-refractivity contribution is 6.68. The lowest BCUT2D eigenvalue weighted by molar-refractivity contribution is -0.132. The van der Waals surface area contributed by atoms with E-state index >= 15 is 0 Å². The zero-order valence-corrected chi connectivity index (χ0v) is 22.4. The molecule has 37 heavy (non-hydrogen) atoms. The van der Waals surface area contributed by atoms with Gasteiger partial charge in [-0.05, 0) is 55.1 Å². The van der Waals surface area contributed by atoms with Crippen LogP contribution in [0.2, 0.25) is 0 Å². The summed E-state index contributed by atoms with van der Waals surface area (Å²) in [5.41, 5.74) is 0.592. The summed E-state index contributed by atoms with van der Waals surface area (Å²) in [7, 11) is 0. The molecule has 0 aliphatic carbocycles. The van der Waals surface area contributed by atoms with Gasteiger partial charge in [0.05, 0.1) is 11.1 Å². The van der Waals surface area contributed by atoms with Gasteiger partial charge in [-0.2, -0.15) is 0 Å². The van der Waals surface area contributed by atoms with E-state index in [9.17, 15) is 19.2 Å². The third kappa shape index (κ3) is 14.0. The normalized spacial score (nSPS) is 9.92. The van der Waals surface area contributed by atoms with Gasteiger partial charge in [0.2, 0.25) is 0 Å². The summed E-state index contributed by atoms with van der Waals surface area (Å²) in [6.45, 7) is 6.95. The van der Waals surface area contributed by atoms with E-state index < -0.39 is 17.2 Å². The maximum Gasteiger partial charge on any atom is 0.308 e. The second kappa shape index (κ2) is 18.8. The fourth-order valence-electron chi connectivity index (χ4n) is 3.37. The molecule has 0 fully saturated rings. The average molecular weight is 530 g/mol. The molecular weight excluding hydrogens is 494 g/mol. The molecule has 0 saturated carbocycles. The highest BCUT2D eigenvalue weighted by Gasteiger charge is 2.13. The van der Waals surface area contributed by atoms with Gasteiger partial charge in [0.25, 0.3) is 11.1 Å². The number of para-hydroxylation sites is 2. The SMILES string of the molecule is C=CCCCCCCCCCNC(=O)c1ccccc1OC(C)=O.CC(=O)Oc1ccccc1C(=O)Cl. The monoisotopic (exact) mass is 529 g/mol. The highest BCUT2D eigenvalue weighted by atomic mass is 35.5. The number of unbranched alkanes of at least 4 members (excludes halogenated alkanes) is 7. The van der Waals surface area contributed by atoms with Crippen molar-refractivity contribution < 1.29 is 28.7 Å². The van der Waals surface area contributed by atoms with Gasteiger partial charge in [0, 0.05) is 20.4 Å². The fraction of sp³-hybridized carbons (Fsp3) is 0.379. The van der Waals surface area contributed by atoms with Crippen molar-refractivity contribution in [3.63, 3.8) is 0 Å². The van der Waals surface area contributed by atoms with E-state index in [-0.39, 0.29) is 17.2 Å². The summed E-state index contributed by atoms with van der Waals surface area (Å²) in [4.78, 5) is 44.7. The summed E-state index contributed by atoms with van der Waals surface area (Å²) in [5, 5.41) is 2.25. The number of carbonyl (C=O) groups excluding carboxylic acids is 4. The third-order valence-corrected chi connectivity index (χ3v) is 5.31. The predicted octanol–water partition coefficient (Wildman–Crippen LogP) is 6.64. The molecule has 0 aliphatic heterocycles. The van der Waals surface area contributed by atoms with Crippen molar-refractivity contribution in [2.45, 2.75) is 65.2 Å². The van der Waals surface area contributed by atoms with E-state index in [1.807, 2.05) is 6.08 Å². The average Bonchev–Trinajstić information content (AvgIpc) is 2.85. The predicted molar refractivity (Wildman–Crippen MR) is 145 cm³/mol. The molecule has 0 heterocycles. The standard InChI is InChI=1S/C20H29NO3.C9H7ClO3/c1-3-4-5-6-7-8-9-10-13-16-21-20(23)18-14-11-12-15-19(18)24-17(2)22;1-6(11)13-8-5-3-2-4-7(8)9(10)12/h3,11-12,14-15H,1,4-10,13,16H2,2H3,(H,21,23);2-5H,1H3. The van der Waals surface area contributed by atoms with Crippen molar-refractivity contribution in [2.75, 3.05) is 6.54 Å². The van der Waals surface area contributed by atoms with Crippen LogP contribution in [0, 0.1) is 0 Å². The Balaban J connectivity index is 0.000000442. The van der Waals surface area contributed by atoms with Crippen LogP contribution in [0.15, 0.2) is 61.2 Å². The number of esters is 2. The van der Waals surface area contributed by atoms with Gasteiger partial charge in [-0.25, -0.2) is 0 Å². The number of halogens is 1. The van der Waals surface area contributed by atoms with E-state index in [4.69, 9.17) is 21.1 Å². The van der Waals surface area contributed by atoms with Gasteiger partial charge in [-0.15, -0.1) is 6.58 Å². The Kier molecular flexibility index (Phi) is 16.0. The Labute approximate surface area is 224 Å². The Bertz CT molecular complexity index is 1040. The maximum atomic E-state index is 12.2. The Morgan fingerprint density at radius 3 is 1.73 bits per heavy atom. The van der Waals surface area contributed by atoms with Crippen molar-refractivity contribution in [3.05, 3.63) is 72.3 Å². The molecule has 200 valence electrons. The van der Waals surface area contributed by atoms with Gasteiger partial charge >= 0.3 is 11.9 Å². The minimum atomic E-state index is -0.642. The number of amides is 1. The quantitative estimate of drug-likeness (QED) is 0.0968. The minimum absolute atomic E-state index is 0.190. The summed E-state index contributed by atoms with van der Waals surface area (Å²) >= 11 is 5.26. The first kappa shape index (κ1) is 31.6. The molecule has 1 N–H and O–H groups in total. The minimum Gasteiger partial charge on any atom is -0.426 e. The van der Waals surface area contributed by atoms with Crippen molar-refractivity contribution in [1.29, 1.82) is 0 Å². The van der Waals surface area contributed by atoms with Crippen LogP contribution < -0.4 is 14.8 Å². The second-order valence-corrected chi connectivity index (χ2v) is 8.60. The molecule has 2 rings (SSSR count). The summed E-state index contributed by atoms with van der Waals surface area (Å²) in [6, 6.07) is 13.1. The maximum absolute atomic E-state index is 12.2. The molecule has 8 heteroatoms. The van der Waals surface area contributed by atoms with Crippen LogP contribution in [-0.2, 0) is 9.59 Å². The van der Waals surface area contributed by atoms with Gasteiger partial charge < -0.3 is 14.8 Å². The smallest absolute Gasteiger partial charge is 0.308 e. The largest absolute Gasteiger partial charge is 0.426 e. The van der Waals surface area contributed by atoms with Crippen LogP contribution in [0.1, 0.15) is 85.9 Å². The fourth-order valence-corrected chi connectivity index (χ4v) is 3.52. The van der Waals surface area contributed by atoms with E-state index in [2.05, 4.69) is 11.9 Å². The molecule has 0 radical (unpaired) electrons. The third-order valence-electron chi connectivity index (χ3n) is 5.11. The van der Waals surface area contributed by atoms with Crippen LogP contribution in [0.25, 0.3) is 0 Å². The first-order valence-corrected chi connectivity index (χ1v) is 12.8. The molecule has 0 aliphatic rings. The molecule has 0 saturated heterocycles. The molecule has 0 spiro atoms. The van der Waals surface area contributed by atoms with E-state index in [1.54, 1.807) is 36.4 Å². The van der Waals surface area contributed by atoms with E-state index in [0.29, 0.717) is 17.9 Å². The zero-order valence-electron chi connectivity index (χ0n) is 21.6. The summed E-state index contributed by atoms with van der Waals surface area (Å²) in [5.74, 6) is -0.609. The first-order chi connectivity index (χ1) is 17.8. The second-order valence-electron chi connectivity index (χ2n) is 8.26. The lowest BCUT2D eigenvalue weighted by atomic mass is 10.1. The number of ether oxygens (including phenoxy) is 2. The molecule has 1 amide bonds. The van der Waals surface area contributed by atoms with Crippen molar-refractivity contribution in [3.8, 4) is 11.5 Å². The van der Waals surface area contributed by atoms with Crippen molar-refractivity contribution in [1.82, 2.24) is 5.32 Å². The summed E-state index contributed by atoms with van der Waals surface area (Å²) < 4.78 is 9.82. The topological polar surface area (TPSA) is 98.8 Å². The van der Waals surface area contributed by atoms with Gasteiger partial charge in [-0.1, -0.05) is 62.4 Å². The highest BCUT2D eigenvalue weighted by Crippen LogP contribution is 2.20. The van der Waals surface area contributed by atoms with Crippen LogP contribution >= 0.6 is 11.6 Å². The van der Waals surface area contributed by atoms with Crippen molar-refractivity contribution in [2.24, 2.45) is 0 Å². The number of hydrogen-bond acceptors (Lipinski definition) is 6. The molecule has 0 unspecified atom stereocenters. The van der Waals surface area contributed by atoms with E-state index in [0.717, 1.165) is 19.3 Å². The van der Waals surface area contributed by atoms with Crippen LogP contribution in [0.4, 0.5) is 0 Å². The zero-order chi connectivity index (χ0) is 27.5. The number of benzene rings is 2. The molecule has 2 aromatic rings. The summed E-state index contributed by atoms with van der Waals surface area (Å²) in [6.07, 6.45) is 11.4. The number of carbonyl (C=O) groups is 4. The lowest BCUT2D eigenvalue weighted by Crippen LogP contribution is -2.25.